The number of para-hydroxylation sites is 1. The molecule has 2 N–H and O–H groups in total. The van der Waals surface area contributed by atoms with Crippen molar-refractivity contribution in [3.63, 3.8) is 0 Å². The van der Waals surface area contributed by atoms with Crippen molar-refractivity contribution in [2.75, 3.05) is 5.32 Å². The average Bonchev–Trinajstić information content (AvgIpc) is 3.23. The van der Waals surface area contributed by atoms with E-state index in [0.29, 0.717) is 22.4 Å². The van der Waals surface area contributed by atoms with Crippen LogP contribution in [-0.4, -0.2) is 20.4 Å². The van der Waals surface area contributed by atoms with Crippen molar-refractivity contribution in [2.24, 2.45) is 0 Å². The van der Waals surface area contributed by atoms with Crippen molar-refractivity contribution in [3.8, 4) is 11.3 Å². The highest BCUT2D eigenvalue weighted by molar-refractivity contribution is 5.91. The maximum absolute atomic E-state index is 12.3. The molecule has 8 heteroatoms. The Morgan fingerprint density at radius 3 is 2.64 bits per heavy atom. The summed E-state index contributed by atoms with van der Waals surface area (Å²) in [6, 6.07) is 13.9. The molecule has 8 nitrogen and oxygen atoms in total. The van der Waals surface area contributed by atoms with E-state index in [1.54, 1.807) is 42.6 Å². The second kappa shape index (κ2) is 7.36. The Morgan fingerprint density at radius 2 is 1.89 bits per heavy atom. The highest BCUT2D eigenvalue weighted by Gasteiger charge is 2.09. The number of hydrogen-bond acceptors (Lipinski definition) is 5. The molecule has 140 valence electrons. The van der Waals surface area contributed by atoms with Crippen molar-refractivity contribution in [1.82, 2.24) is 14.5 Å². The van der Waals surface area contributed by atoms with Crippen LogP contribution in [0.4, 0.5) is 5.69 Å². The van der Waals surface area contributed by atoms with E-state index in [9.17, 15) is 14.4 Å². The SMILES string of the molecule is O=C(CCn1c(=O)[nH]c(=O)c2ccccc21)Nc1ccc(-c2cnco2)cc1. The van der Waals surface area contributed by atoms with Crippen molar-refractivity contribution >= 4 is 22.5 Å². The average molecular weight is 376 g/mol. The first-order chi connectivity index (χ1) is 13.6. The van der Waals surface area contributed by atoms with E-state index in [2.05, 4.69) is 15.3 Å². The van der Waals surface area contributed by atoms with Gasteiger partial charge in [-0.2, -0.15) is 0 Å². The minimum Gasteiger partial charge on any atom is -0.444 e. The minimum absolute atomic E-state index is 0.0831. The second-order valence-corrected chi connectivity index (χ2v) is 6.17. The molecular weight excluding hydrogens is 360 g/mol. The van der Waals surface area contributed by atoms with Crippen LogP contribution in [0.15, 0.2) is 75.1 Å². The number of nitrogens with one attached hydrogen (secondary N) is 2. The van der Waals surface area contributed by atoms with E-state index in [4.69, 9.17) is 4.42 Å². The van der Waals surface area contributed by atoms with Crippen LogP contribution in [0.1, 0.15) is 6.42 Å². The zero-order valence-corrected chi connectivity index (χ0v) is 14.7. The molecule has 0 unspecified atom stereocenters. The number of carbonyl (C=O) groups excluding carboxylic acids is 1. The summed E-state index contributed by atoms with van der Waals surface area (Å²) in [6.45, 7) is 0.151. The number of aromatic nitrogens is 3. The predicted octanol–water partition coefficient (Wildman–Crippen LogP) is 2.37. The molecule has 0 atom stereocenters. The number of oxazole rings is 1. The molecule has 28 heavy (non-hydrogen) atoms. The number of carbonyl (C=O) groups is 1. The van der Waals surface area contributed by atoms with E-state index in [1.807, 2.05) is 12.1 Å². The molecule has 0 bridgehead atoms. The van der Waals surface area contributed by atoms with E-state index >= 15 is 0 Å². The lowest BCUT2D eigenvalue weighted by atomic mass is 10.1. The normalized spacial score (nSPS) is 10.9. The van der Waals surface area contributed by atoms with Gasteiger partial charge in [-0.25, -0.2) is 9.78 Å². The number of hydrogen-bond donors (Lipinski definition) is 2. The van der Waals surface area contributed by atoms with Crippen LogP contribution >= 0.6 is 0 Å². The third-order valence-electron chi connectivity index (χ3n) is 4.35. The summed E-state index contributed by atoms with van der Waals surface area (Å²) in [6.07, 6.45) is 3.05. The molecule has 0 aliphatic heterocycles. The Kier molecular flexibility index (Phi) is 4.59. The van der Waals surface area contributed by atoms with Crippen molar-refractivity contribution in [2.45, 2.75) is 13.0 Å². The predicted molar refractivity (Wildman–Crippen MR) is 104 cm³/mol. The monoisotopic (exact) mass is 376 g/mol. The number of aryl methyl sites for hydroxylation is 1. The summed E-state index contributed by atoms with van der Waals surface area (Å²) >= 11 is 0. The second-order valence-electron chi connectivity index (χ2n) is 6.17. The summed E-state index contributed by atoms with van der Waals surface area (Å²) in [5.41, 5.74) is 1.01. The van der Waals surface area contributed by atoms with Gasteiger partial charge in [-0.15, -0.1) is 0 Å². The van der Waals surface area contributed by atoms with E-state index in [1.165, 1.54) is 11.0 Å². The molecule has 2 aromatic heterocycles. The van der Waals surface area contributed by atoms with Crippen LogP contribution in [-0.2, 0) is 11.3 Å². The smallest absolute Gasteiger partial charge is 0.328 e. The Morgan fingerprint density at radius 1 is 1.11 bits per heavy atom. The lowest BCUT2D eigenvalue weighted by Gasteiger charge is -2.10. The van der Waals surface area contributed by atoms with Crippen molar-refractivity contribution < 1.29 is 9.21 Å². The molecule has 4 aromatic rings. The lowest BCUT2D eigenvalue weighted by molar-refractivity contribution is -0.116. The summed E-state index contributed by atoms with van der Waals surface area (Å²) < 4.78 is 6.62. The van der Waals surface area contributed by atoms with Crippen molar-refractivity contribution in [1.29, 1.82) is 0 Å². The molecular formula is C20H16N4O4. The number of fused-ring (bicyclic) bond motifs is 1. The molecule has 0 radical (unpaired) electrons. The Bertz CT molecular complexity index is 1240. The van der Waals surface area contributed by atoms with Gasteiger partial charge in [0.05, 0.1) is 17.1 Å². The van der Waals surface area contributed by atoms with Gasteiger partial charge in [-0.1, -0.05) is 12.1 Å². The topological polar surface area (TPSA) is 110 Å². The number of rotatable bonds is 5. The zero-order chi connectivity index (χ0) is 19.5. The first kappa shape index (κ1) is 17.5. The van der Waals surface area contributed by atoms with Crippen LogP contribution in [0.5, 0.6) is 0 Å². The fourth-order valence-electron chi connectivity index (χ4n) is 2.98. The van der Waals surface area contributed by atoms with Crippen LogP contribution < -0.4 is 16.6 Å². The first-order valence-corrected chi connectivity index (χ1v) is 8.62. The molecule has 0 aliphatic carbocycles. The standard InChI is InChI=1S/C20H16N4O4/c25-18(22-14-7-5-13(6-8-14)17-11-21-12-28-17)9-10-24-16-4-2-1-3-15(16)19(26)23-20(24)27/h1-8,11-12H,9-10H2,(H,22,25)(H,23,26,27). The van der Waals surface area contributed by atoms with E-state index < -0.39 is 11.2 Å². The van der Waals surface area contributed by atoms with Gasteiger partial charge in [-0.05, 0) is 36.4 Å². The summed E-state index contributed by atoms with van der Waals surface area (Å²) in [7, 11) is 0. The molecule has 2 aromatic carbocycles. The first-order valence-electron chi connectivity index (χ1n) is 8.62. The van der Waals surface area contributed by atoms with Gasteiger partial charge >= 0.3 is 5.69 Å². The molecule has 2 heterocycles. The highest BCUT2D eigenvalue weighted by Crippen LogP contribution is 2.20. The quantitative estimate of drug-likeness (QED) is 0.556. The van der Waals surface area contributed by atoms with Gasteiger partial charge in [-0.3, -0.25) is 19.1 Å². The van der Waals surface area contributed by atoms with Crippen molar-refractivity contribution in [3.05, 3.63) is 82.0 Å². The van der Waals surface area contributed by atoms with Gasteiger partial charge in [0.2, 0.25) is 5.91 Å². The molecule has 0 saturated carbocycles. The summed E-state index contributed by atoms with van der Waals surface area (Å²) in [5.74, 6) is 0.400. The molecule has 0 fully saturated rings. The fraction of sp³-hybridized carbons (Fsp3) is 0.100. The van der Waals surface area contributed by atoms with Gasteiger partial charge in [0.1, 0.15) is 0 Å². The largest absolute Gasteiger partial charge is 0.444 e. The third-order valence-corrected chi connectivity index (χ3v) is 4.35. The Labute approximate surface area is 158 Å². The Hall–Kier alpha value is -3.94. The lowest BCUT2D eigenvalue weighted by Crippen LogP contribution is -2.31. The number of benzene rings is 2. The molecule has 0 saturated heterocycles. The molecule has 4 rings (SSSR count). The van der Waals surface area contributed by atoms with Crippen LogP contribution in [0.25, 0.3) is 22.2 Å². The van der Waals surface area contributed by atoms with Gasteiger partial charge in [0.15, 0.2) is 12.2 Å². The molecule has 1 amide bonds. The van der Waals surface area contributed by atoms with Gasteiger partial charge in [0, 0.05) is 24.2 Å². The minimum atomic E-state index is -0.534. The zero-order valence-electron chi connectivity index (χ0n) is 14.7. The van der Waals surface area contributed by atoms with Gasteiger partial charge < -0.3 is 9.73 Å². The summed E-state index contributed by atoms with van der Waals surface area (Å²) in [4.78, 5) is 42.5. The molecule has 0 spiro atoms. The highest BCUT2D eigenvalue weighted by atomic mass is 16.3. The van der Waals surface area contributed by atoms with Gasteiger partial charge in [0.25, 0.3) is 5.56 Å². The number of aromatic amines is 1. The number of anilines is 1. The van der Waals surface area contributed by atoms with Crippen LogP contribution in [0.2, 0.25) is 0 Å². The molecule has 0 aliphatic rings. The number of nitrogens with zero attached hydrogens (tertiary/aromatic N) is 2. The van der Waals surface area contributed by atoms with E-state index in [0.717, 1.165) is 5.56 Å². The number of amides is 1. The van der Waals surface area contributed by atoms with Crippen LogP contribution in [0, 0.1) is 0 Å². The van der Waals surface area contributed by atoms with E-state index in [-0.39, 0.29) is 18.9 Å². The summed E-state index contributed by atoms with van der Waals surface area (Å²) in [5, 5.41) is 3.20. The maximum atomic E-state index is 12.3. The Balaban J connectivity index is 1.46. The maximum Gasteiger partial charge on any atom is 0.328 e. The van der Waals surface area contributed by atoms with Crippen LogP contribution in [0.3, 0.4) is 0 Å². The number of H-pyrrole nitrogens is 1. The third kappa shape index (κ3) is 3.48. The fourth-order valence-corrected chi connectivity index (χ4v) is 2.98.